The molecule has 2 aliphatic rings. The van der Waals surface area contributed by atoms with Crippen molar-refractivity contribution < 1.29 is 27.8 Å². The predicted octanol–water partition coefficient (Wildman–Crippen LogP) is 4.94. The summed E-state index contributed by atoms with van der Waals surface area (Å²) in [6.45, 7) is 3.44. The Labute approximate surface area is 251 Å². The highest BCUT2D eigenvalue weighted by Gasteiger charge is 2.46. The van der Waals surface area contributed by atoms with Crippen molar-refractivity contribution >= 4 is 17.7 Å². The van der Waals surface area contributed by atoms with Crippen LogP contribution in [0.25, 0.3) is 16.8 Å². The van der Waals surface area contributed by atoms with Crippen LogP contribution in [-0.4, -0.2) is 62.7 Å². The van der Waals surface area contributed by atoms with Gasteiger partial charge in [-0.2, -0.15) is 28.2 Å². The maximum Gasteiger partial charge on any atom is 0.429 e. The van der Waals surface area contributed by atoms with Gasteiger partial charge >= 0.3 is 12.1 Å². The third-order valence-electron chi connectivity index (χ3n) is 8.44. The molecule has 2 aromatic heterocycles. The van der Waals surface area contributed by atoms with Crippen LogP contribution < -0.4 is 20.7 Å². The number of benzene rings is 2. The Morgan fingerprint density at radius 1 is 1.09 bits per heavy atom. The second-order valence-corrected chi connectivity index (χ2v) is 11.5. The zero-order chi connectivity index (χ0) is 31.1. The summed E-state index contributed by atoms with van der Waals surface area (Å²) in [4.78, 5) is 21.6. The van der Waals surface area contributed by atoms with E-state index in [0.29, 0.717) is 50.4 Å². The summed E-state index contributed by atoms with van der Waals surface area (Å²) in [5, 5.41) is 16.8. The standard InChI is InChI=1S/C31H32F3N7O3/c1-19-9-12-41(39-19)24-15-21(20-5-3-2-4-6-20)7-8-22(24)27(31(32,33)34)44-26-16-25(37-29(35)38-26)40-13-10-30(11-14-40)17-23(28(42)43)36-18-30/h2-9,12,15-16,23,27,36H,10-11,13-14,17-18H2,1H3,(H,42,43)(H2,35,37,38)/t23-,27?/m0/s1. The maximum absolute atomic E-state index is 14.7. The number of hydrogen-bond donors (Lipinski definition) is 3. The number of anilines is 2. The first-order valence-corrected chi connectivity index (χ1v) is 14.3. The number of alkyl halides is 3. The number of aliphatic carboxylic acids is 1. The van der Waals surface area contributed by atoms with Crippen LogP contribution in [0.5, 0.6) is 5.88 Å². The van der Waals surface area contributed by atoms with Crippen molar-refractivity contribution in [2.75, 3.05) is 30.3 Å². The fourth-order valence-electron chi connectivity index (χ4n) is 6.09. The van der Waals surface area contributed by atoms with Gasteiger partial charge in [-0.3, -0.25) is 4.79 Å². The van der Waals surface area contributed by atoms with E-state index in [1.165, 1.54) is 16.8 Å². The molecule has 4 heterocycles. The van der Waals surface area contributed by atoms with Gasteiger partial charge < -0.3 is 25.8 Å². The summed E-state index contributed by atoms with van der Waals surface area (Å²) in [5.74, 6) is -1.03. The number of piperidine rings is 1. The maximum atomic E-state index is 14.7. The van der Waals surface area contributed by atoms with Crippen molar-refractivity contribution in [1.29, 1.82) is 0 Å². The minimum atomic E-state index is -4.81. The van der Waals surface area contributed by atoms with Crippen LogP contribution >= 0.6 is 0 Å². The van der Waals surface area contributed by atoms with E-state index in [1.807, 2.05) is 35.2 Å². The van der Waals surface area contributed by atoms with E-state index in [9.17, 15) is 23.1 Å². The molecule has 1 unspecified atom stereocenters. The summed E-state index contributed by atoms with van der Waals surface area (Å²) in [7, 11) is 0. The van der Waals surface area contributed by atoms with Gasteiger partial charge in [0.1, 0.15) is 11.9 Å². The third-order valence-corrected chi connectivity index (χ3v) is 8.44. The molecule has 6 rings (SSSR count). The lowest BCUT2D eigenvalue weighted by atomic mass is 9.76. The van der Waals surface area contributed by atoms with E-state index in [-0.39, 0.29) is 28.5 Å². The highest BCUT2D eigenvalue weighted by Crippen LogP contribution is 2.42. The zero-order valence-corrected chi connectivity index (χ0v) is 24.0. The van der Waals surface area contributed by atoms with Gasteiger partial charge in [-0.15, -0.1) is 0 Å². The van der Waals surface area contributed by atoms with Crippen molar-refractivity contribution in [3.05, 3.63) is 78.1 Å². The molecule has 1 spiro atoms. The van der Waals surface area contributed by atoms with Gasteiger partial charge in [0.05, 0.1) is 11.4 Å². The van der Waals surface area contributed by atoms with Gasteiger partial charge in [0, 0.05) is 37.5 Å². The molecule has 2 aliphatic heterocycles. The van der Waals surface area contributed by atoms with Crippen LogP contribution in [0.1, 0.15) is 36.6 Å². The van der Waals surface area contributed by atoms with E-state index in [1.54, 1.807) is 31.3 Å². The van der Waals surface area contributed by atoms with Gasteiger partial charge in [-0.1, -0.05) is 42.5 Å². The Bertz CT molecular complexity index is 1650. The van der Waals surface area contributed by atoms with Crippen molar-refractivity contribution in [1.82, 2.24) is 25.1 Å². The Kier molecular flexibility index (Phi) is 7.66. The molecule has 2 saturated heterocycles. The summed E-state index contributed by atoms with van der Waals surface area (Å²) >= 11 is 0. The minimum Gasteiger partial charge on any atom is -0.480 e. The van der Waals surface area contributed by atoms with Crippen molar-refractivity contribution in [3.63, 3.8) is 0 Å². The van der Waals surface area contributed by atoms with E-state index in [4.69, 9.17) is 10.5 Å². The molecule has 0 saturated carbocycles. The molecule has 0 radical (unpaired) electrons. The molecule has 2 atom stereocenters. The lowest BCUT2D eigenvalue weighted by molar-refractivity contribution is -0.198. The summed E-state index contributed by atoms with van der Waals surface area (Å²) < 4.78 is 51.3. The molecule has 2 aromatic carbocycles. The fraction of sp³-hybridized carbons (Fsp3) is 0.355. The highest BCUT2D eigenvalue weighted by atomic mass is 19.4. The van der Waals surface area contributed by atoms with Crippen LogP contribution in [0.3, 0.4) is 0 Å². The largest absolute Gasteiger partial charge is 0.480 e. The molecule has 0 amide bonds. The molecule has 4 N–H and O–H groups in total. The molecular weight excluding hydrogens is 575 g/mol. The van der Waals surface area contributed by atoms with Crippen LogP contribution in [0.2, 0.25) is 0 Å². The zero-order valence-electron chi connectivity index (χ0n) is 24.0. The number of carbonyl (C=O) groups is 1. The molecule has 0 bridgehead atoms. The number of rotatable bonds is 7. The molecule has 13 heteroatoms. The quantitative estimate of drug-likeness (QED) is 0.268. The monoisotopic (exact) mass is 607 g/mol. The number of nitrogen functional groups attached to an aromatic ring is 1. The molecule has 4 aromatic rings. The van der Waals surface area contributed by atoms with E-state index in [0.717, 1.165) is 11.1 Å². The number of nitrogens with two attached hydrogens (primary N) is 1. The first kappa shape index (κ1) is 29.4. The van der Waals surface area contributed by atoms with E-state index < -0.39 is 24.3 Å². The van der Waals surface area contributed by atoms with Gasteiger partial charge in [-0.05, 0) is 54.9 Å². The number of aromatic nitrogens is 4. The van der Waals surface area contributed by atoms with Gasteiger partial charge in [-0.25, -0.2) is 4.68 Å². The first-order valence-electron chi connectivity index (χ1n) is 14.3. The second-order valence-electron chi connectivity index (χ2n) is 11.5. The molecule has 2 fully saturated rings. The molecular formula is C31H32F3N7O3. The number of nitrogens with zero attached hydrogens (tertiary/aromatic N) is 5. The topological polar surface area (TPSA) is 131 Å². The molecule has 10 nitrogen and oxygen atoms in total. The average molecular weight is 608 g/mol. The number of nitrogens with one attached hydrogen (secondary N) is 1. The minimum absolute atomic E-state index is 0.138. The average Bonchev–Trinajstić information content (AvgIpc) is 3.62. The number of aryl methyl sites for hydroxylation is 1. The first-order chi connectivity index (χ1) is 21.0. The highest BCUT2D eigenvalue weighted by molar-refractivity contribution is 5.74. The Morgan fingerprint density at radius 2 is 1.84 bits per heavy atom. The summed E-state index contributed by atoms with van der Waals surface area (Å²) in [6, 6.07) is 16.6. The van der Waals surface area contributed by atoms with Gasteiger partial charge in [0.2, 0.25) is 17.9 Å². The van der Waals surface area contributed by atoms with E-state index >= 15 is 0 Å². The van der Waals surface area contributed by atoms with Crippen molar-refractivity contribution in [2.45, 2.75) is 44.5 Å². The third kappa shape index (κ3) is 6.05. The smallest absolute Gasteiger partial charge is 0.429 e. The molecule has 0 aliphatic carbocycles. The van der Waals surface area contributed by atoms with Gasteiger partial charge in [0.25, 0.3) is 0 Å². The van der Waals surface area contributed by atoms with Crippen molar-refractivity contribution in [2.24, 2.45) is 5.41 Å². The van der Waals surface area contributed by atoms with Crippen molar-refractivity contribution in [3.8, 4) is 22.7 Å². The van der Waals surface area contributed by atoms with Crippen LogP contribution in [0.4, 0.5) is 24.9 Å². The Balaban J connectivity index is 1.30. The van der Waals surface area contributed by atoms with Crippen LogP contribution in [0, 0.1) is 12.3 Å². The Morgan fingerprint density at radius 3 is 2.48 bits per heavy atom. The summed E-state index contributed by atoms with van der Waals surface area (Å²) in [6.07, 6.45) is -3.64. The normalized spacial score (nSPS) is 18.8. The SMILES string of the molecule is Cc1ccn(-c2cc(-c3ccccc3)ccc2C(Oc2cc(N3CCC4(CC3)CN[C@H](C(=O)O)C4)nc(N)n2)C(F)(F)F)n1. The number of ether oxygens (including phenoxy) is 1. The van der Waals surface area contributed by atoms with Crippen LogP contribution in [-0.2, 0) is 4.79 Å². The number of carboxylic acids is 1. The number of carboxylic acid groups (broad SMARTS) is 1. The lowest BCUT2D eigenvalue weighted by Gasteiger charge is -2.39. The van der Waals surface area contributed by atoms with E-state index in [2.05, 4.69) is 20.4 Å². The lowest BCUT2D eigenvalue weighted by Crippen LogP contribution is -2.41. The Hall–Kier alpha value is -4.65. The number of hydrogen-bond acceptors (Lipinski definition) is 8. The summed E-state index contributed by atoms with van der Waals surface area (Å²) in [5.41, 5.74) is 8.11. The predicted molar refractivity (Wildman–Crippen MR) is 158 cm³/mol. The number of halogens is 3. The molecule has 44 heavy (non-hydrogen) atoms. The van der Waals surface area contributed by atoms with Crippen LogP contribution in [0.15, 0.2) is 66.9 Å². The molecule has 230 valence electrons. The van der Waals surface area contributed by atoms with Gasteiger partial charge in [0.15, 0.2) is 0 Å². The second kappa shape index (κ2) is 11.5. The fourth-order valence-corrected chi connectivity index (χ4v) is 6.09.